The average molecular weight is 370 g/mol. The summed E-state index contributed by atoms with van der Waals surface area (Å²) < 4.78 is 11.2. The Morgan fingerprint density at radius 3 is 2.89 bits per heavy atom. The first-order valence-corrected chi connectivity index (χ1v) is 8.82. The van der Waals surface area contributed by atoms with Gasteiger partial charge in [-0.2, -0.15) is 0 Å². The van der Waals surface area contributed by atoms with E-state index in [4.69, 9.17) is 14.6 Å². The molecule has 1 saturated heterocycles. The molecule has 7 heteroatoms. The van der Waals surface area contributed by atoms with Gasteiger partial charge in [-0.05, 0) is 23.8 Å². The van der Waals surface area contributed by atoms with Crippen LogP contribution in [0.4, 0.5) is 0 Å². The Kier molecular flexibility index (Phi) is 6.38. The van der Waals surface area contributed by atoms with E-state index in [1.165, 1.54) is 0 Å². The number of carboxylic acid groups (broad SMARTS) is 1. The number of morpholine rings is 1. The Labute approximate surface area is 157 Å². The SMILES string of the molecule is O=C(O)CC1CN(C(=O)Cc2cccc(OCc3cccnc3)c2)CCO1. The third-order valence-electron chi connectivity index (χ3n) is 4.28. The van der Waals surface area contributed by atoms with E-state index in [-0.39, 0.29) is 18.7 Å². The molecule has 1 unspecified atom stereocenters. The van der Waals surface area contributed by atoms with Crippen molar-refractivity contribution in [3.8, 4) is 5.75 Å². The van der Waals surface area contributed by atoms with E-state index in [1.807, 2.05) is 36.4 Å². The van der Waals surface area contributed by atoms with Crippen LogP contribution < -0.4 is 4.74 Å². The van der Waals surface area contributed by atoms with E-state index in [1.54, 1.807) is 17.3 Å². The predicted molar refractivity (Wildman–Crippen MR) is 97.3 cm³/mol. The highest BCUT2D eigenvalue weighted by Gasteiger charge is 2.25. The lowest BCUT2D eigenvalue weighted by atomic mass is 10.1. The van der Waals surface area contributed by atoms with Crippen LogP contribution in [0.2, 0.25) is 0 Å². The van der Waals surface area contributed by atoms with Crippen molar-refractivity contribution in [3.63, 3.8) is 0 Å². The summed E-state index contributed by atoms with van der Waals surface area (Å²) >= 11 is 0. The van der Waals surface area contributed by atoms with Gasteiger partial charge in [0.15, 0.2) is 0 Å². The highest BCUT2D eigenvalue weighted by Crippen LogP contribution is 2.17. The number of pyridine rings is 1. The number of rotatable bonds is 7. The van der Waals surface area contributed by atoms with Crippen molar-refractivity contribution in [2.75, 3.05) is 19.7 Å². The van der Waals surface area contributed by atoms with E-state index >= 15 is 0 Å². The molecule has 0 aliphatic carbocycles. The number of nitrogens with zero attached hydrogens (tertiary/aromatic N) is 2. The summed E-state index contributed by atoms with van der Waals surface area (Å²) in [6.07, 6.45) is 3.15. The Morgan fingerprint density at radius 1 is 1.26 bits per heavy atom. The van der Waals surface area contributed by atoms with E-state index in [0.717, 1.165) is 11.1 Å². The Bertz CT molecular complexity index is 781. The van der Waals surface area contributed by atoms with E-state index < -0.39 is 12.1 Å². The minimum atomic E-state index is -0.923. The van der Waals surface area contributed by atoms with Crippen molar-refractivity contribution in [2.45, 2.75) is 25.6 Å². The largest absolute Gasteiger partial charge is 0.489 e. The molecule has 2 heterocycles. The van der Waals surface area contributed by atoms with Gasteiger partial charge in [0.25, 0.3) is 0 Å². The van der Waals surface area contributed by atoms with Crippen molar-refractivity contribution in [1.29, 1.82) is 0 Å². The zero-order valence-corrected chi connectivity index (χ0v) is 14.9. The average Bonchev–Trinajstić information content (AvgIpc) is 2.67. The number of carbonyl (C=O) groups is 2. The number of carboxylic acids is 1. The van der Waals surface area contributed by atoms with E-state index in [0.29, 0.717) is 32.1 Å². The maximum atomic E-state index is 12.6. The smallest absolute Gasteiger partial charge is 0.306 e. The monoisotopic (exact) mass is 370 g/mol. The molecule has 1 amide bonds. The van der Waals surface area contributed by atoms with Crippen LogP contribution >= 0.6 is 0 Å². The standard InChI is InChI=1S/C20H22N2O5/c23-19(22-7-8-26-18(13-22)11-20(24)25)10-15-3-1-5-17(9-15)27-14-16-4-2-6-21-12-16/h1-6,9,12,18H,7-8,10-11,13-14H2,(H,24,25). The van der Waals surface area contributed by atoms with Gasteiger partial charge in [-0.25, -0.2) is 0 Å². The van der Waals surface area contributed by atoms with Crippen LogP contribution in [0.5, 0.6) is 5.75 Å². The van der Waals surface area contributed by atoms with Crippen molar-refractivity contribution < 1.29 is 24.2 Å². The van der Waals surface area contributed by atoms with Crippen LogP contribution in [0.25, 0.3) is 0 Å². The van der Waals surface area contributed by atoms with Gasteiger partial charge in [0.2, 0.25) is 5.91 Å². The van der Waals surface area contributed by atoms with Gasteiger partial charge in [0.1, 0.15) is 12.4 Å². The maximum Gasteiger partial charge on any atom is 0.306 e. The molecule has 0 bridgehead atoms. The zero-order valence-electron chi connectivity index (χ0n) is 14.9. The summed E-state index contributed by atoms with van der Waals surface area (Å²) in [5.74, 6) is -0.277. The molecule has 1 atom stereocenters. The van der Waals surface area contributed by atoms with Crippen LogP contribution in [0.1, 0.15) is 17.5 Å². The molecule has 0 spiro atoms. The van der Waals surface area contributed by atoms with Gasteiger partial charge in [0.05, 0.1) is 25.6 Å². The summed E-state index contributed by atoms with van der Waals surface area (Å²) in [5, 5.41) is 8.89. The summed E-state index contributed by atoms with van der Waals surface area (Å²) in [7, 11) is 0. The molecule has 142 valence electrons. The van der Waals surface area contributed by atoms with Crippen LogP contribution in [0, 0.1) is 0 Å². The summed E-state index contributed by atoms with van der Waals surface area (Å²) in [6, 6.07) is 11.2. The van der Waals surface area contributed by atoms with Crippen molar-refractivity contribution in [3.05, 3.63) is 59.9 Å². The molecule has 1 aromatic carbocycles. The molecule has 0 radical (unpaired) electrons. The highest BCUT2D eigenvalue weighted by molar-refractivity contribution is 5.79. The summed E-state index contributed by atoms with van der Waals surface area (Å²) in [5.41, 5.74) is 1.82. The minimum absolute atomic E-state index is 0.0434. The van der Waals surface area contributed by atoms with Crippen molar-refractivity contribution in [1.82, 2.24) is 9.88 Å². The van der Waals surface area contributed by atoms with Crippen LogP contribution in [-0.2, 0) is 27.4 Å². The molecule has 1 aromatic heterocycles. The molecule has 1 aliphatic heterocycles. The third kappa shape index (κ3) is 5.79. The number of hydrogen-bond donors (Lipinski definition) is 1. The number of carbonyl (C=O) groups excluding carboxylic acids is 1. The molecule has 2 aromatic rings. The normalized spacial score (nSPS) is 16.7. The van der Waals surface area contributed by atoms with E-state index in [2.05, 4.69) is 4.98 Å². The fraction of sp³-hybridized carbons (Fsp3) is 0.350. The lowest BCUT2D eigenvalue weighted by Crippen LogP contribution is -2.46. The van der Waals surface area contributed by atoms with Gasteiger partial charge < -0.3 is 19.5 Å². The second kappa shape index (κ2) is 9.14. The number of amides is 1. The number of hydrogen-bond acceptors (Lipinski definition) is 5. The molecule has 1 aliphatic rings. The van der Waals surface area contributed by atoms with Crippen LogP contribution in [0.15, 0.2) is 48.8 Å². The lowest BCUT2D eigenvalue weighted by Gasteiger charge is -2.32. The van der Waals surface area contributed by atoms with Gasteiger partial charge in [0, 0.05) is 31.0 Å². The first kappa shape index (κ1) is 18.8. The predicted octanol–water partition coefficient (Wildman–Crippen LogP) is 1.91. The van der Waals surface area contributed by atoms with Gasteiger partial charge >= 0.3 is 5.97 Å². The molecule has 7 nitrogen and oxygen atoms in total. The molecule has 0 saturated carbocycles. The number of aliphatic carboxylic acids is 1. The van der Waals surface area contributed by atoms with Crippen molar-refractivity contribution in [2.24, 2.45) is 0 Å². The molecule has 1 fully saturated rings. The maximum absolute atomic E-state index is 12.6. The fourth-order valence-corrected chi connectivity index (χ4v) is 2.95. The Balaban J connectivity index is 1.55. The van der Waals surface area contributed by atoms with Gasteiger partial charge in [-0.3, -0.25) is 14.6 Å². The van der Waals surface area contributed by atoms with Crippen LogP contribution in [0.3, 0.4) is 0 Å². The molecular weight excluding hydrogens is 348 g/mol. The fourth-order valence-electron chi connectivity index (χ4n) is 2.95. The highest BCUT2D eigenvalue weighted by atomic mass is 16.5. The van der Waals surface area contributed by atoms with Crippen molar-refractivity contribution >= 4 is 11.9 Å². The topological polar surface area (TPSA) is 89.0 Å². The molecular formula is C20H22N2O5. The molecule has 27 heavy (non-hydrogen) atoms. The lowest BCUT2D eigenvalue weighted by molar-refractivity contribution is -0.147. The second-order valence-electron chi connectivity index (χ2n) is 6.40. The Morgan fingerprint density at radius 2 is 2.11 bits per heavy atom. The number of ether oxygens (including phenoxy) is 2. The molecule has 1 N–H and O–H groups in total. The zero-order chi connectivity index (χ0) is 19.1. The first-order chi connectivity index (χ1) is 13.1. The van der Waals surface area contributed by atoms with Crippen LogP contribution in [-0.4, -0.2) is 52.7 Å². The van der Waals surface area contributed by atoms with Gasteiger partial charge in [-0.1, -0.05) is 18.2 Å². The van der Waals surface area contributed by atoms with E-state index in [9.17, 15) is 9.59 Å². The summed E-state index contributed by atoms with van der Waals surface area (Å²) in [6.45, 7) is 1.55. The number of benzene rings is 1. The summed E-state index contributed by atoms with van der Waals surface area (Å²) in [4.78, 5) is 29.1. The third-order valence-corrected chi connectivity index (χ3v) is 4.28. The first-order valence-electron chi connectivity index (χ1n) is 8.82. The number of aromatic nitrogens is 1. The Hall–Kier alpha value is -2.93. The minimum Gasteiger partial charge on any atom is -0.489 e. The van der Waals surface area contributed by atoms with Gasteiger partial charge in [-0.15, -0.1) is 0 Å². The molecule has 3 rings (SSSR count). The second-order valence-corrected chi connectivity index (χ2v) is 6.40. The quantitative estimate of drug-likeness (QED) is 0.801.